The van der Waals surface area contributed by atoms with Crippen molar-refractivity contribution in [3.63, 3.8) is 0 Å². The van der Waals surface area contributed by atoms with Gasteiger partial charge in [-0.15, -0.1) is 10.2 Å². The van der Waals surface area contributed by atoms with Crippen LogP contribution in [0.25, 0.3) is 0 Å². The Morgan fingerprint density at radius 2 is 1.81 bits per heavy atom. The molecule has 0 bridgehead atoms. The largest absolute Gasteiger partial charge is 0.497 e. The van der Waals surface area contributed by atoms with E-state index in [-0.39, 0.29) is 6.54 Å². The summed E-state index contributed by atoms with van der Waals surface area (Å²) in [6.07, 6.45) is 0.721. The van der Waals surface area contributed by atoms with Gasteiger partial charge in [-0.2, -0.15) is 0 Å². The third kappa shape index (κ3) is 4.72. The first-order valence-corrected chi connectivity index (χ1v) is 10.0. The lowest BCUT2D eigenvalue weighted by atomic mass is 10.2. The van der Waals surface area contributed by atoms with Gasteiger partial charge in [-0.05, 0) is 29.8 Å². The molecule has 9 heteroatoms. The summed E-state index contributed by atoms with van der Waals surface area (Å²) in [5.41, 5.74) is 0.599. The summed E-state index contributed by atoms with van der Waals surface area (Å²) >= 11 is 0. The fourth-order valence-electron chi connectivity index (χ4n) is 3.67. The van der Waals surface area contributed by atoms with E-state index >= 15 is 0 Å². The highest BCUT2D eigenvalue weighted by atomic mass is 19.1. The lowest BCUT2D eigenvalue weighted by molar-refractivity contribution is 0.0941. The average molecular weight is 427 g/mol. The number of nitrogens with one attached hydrogen (secondary N) is 1. The van der Waals surface area contributed by atoms with Gasteiger partial charge in [0.15, 0.2) is 5.82 Å². The molecule has 7 nitrogen and oxygen atoms in total. The molecule has 0 unspecified atom stereocenters. The molecule has 4 rings (SSSR count). The molecule has 0 saturated carbocycles. The van der Waals surface area contributed by atoms with E-state index in [9.17, 15) is 13.6 Å². The van der Waals surface area contributed by atoms with Crippen molar-refractivity contribution in [2.45, 2.75) is 26.1 Å². The molecular formula is C22H23F2N5O2. The summed E-state index contributed by atoms with van der Waals surface area (Å²) in [7, 11) is 1.64. The van der Waals surface area contributed by atoms with Crippen molar-refractivity contribution in [3.05, 3.63) is 76.9 Å². The lowest BCUT2D eigenvalue weighted by Gasteiger charge is -2.19. The van der Waals surface area contributed by atoms with Crippen LogP contribution < -0.4 is 10.1 Å². The minimum Gasteiger partial charge on any atom is -0.497 e. The van der Waals surface area contributed by atoms with Gasteiger partial charge >= 0.3 is 0 Å². The Morgan fingerprint density at radius 1 is 1.06 bits per heavy atom. The van der Waals surface area contributed by atoms with Crippen LogP contribution in [0.1, 0.15) is 27.6 Å². The third-order valence-corrected chi connectivity index (χ3v) is 5.36. The Hall–Kier alpha value is -3.33. The smallest absolute Gasteiger partial charge is 0.257 e. The number of carbonyl (C=O) groups excluding carboxylic acids is 1. The summed E-state index contributed by atoms with van der Waals surface area (Å²) in [6, 6.07) is 11.3. The molecule has 1 aromatic heterocycles. The number of carbonyl (C=O) groups is 1. The molecule has 2 aromatic carbocycles. The van der Waals surface area contributed by atoms with Gasteiger partial charge in [0.05, 0.1) is 13.7 Å². The van der Waals surface area contributed by atoms with Crippen LogP contribution in [0.15, 0.2) is 42.5 Å². The molecule has 0 radical (unpaired) electrons. The highest BCUT2D eigenvalue weighted by Crippen LogP contribution is 2.16. The van der Waals surface area contributed by atoms with Crippen LogP contribution in [0.4, 0.5) is 8.78 Å². The van der Waals surface area contributed by atoms with Crippen LogP contribution in [-0.2, 0) is 26.1 Å². The zero-order chi connectivity index (χ0) is 21.8. The van der Waals surface area contributed by atoms with Crippen LogP contribution >= 0.6 is 0 Å². The van der Waals surface area contributed by atoms with Crippen molar-refractivity contribution >= 4 is 5.91 Å². The van der Waals surface area contributed by atoms with E-state index in [0.717, 1.165) is 49.8 Å². The second-order valence-corrected chi connectivity index (χ2v) is 7.34. The fourth-order valence-corrected chi connectivity index (χ4v) is 3.67. The molecule has 0 spiro atoms. The quantitative estimate of drug-likeness (QED) is 0.655. The molecule has 0 atom stereocenters. The van der Waals surface area contributed by atoms with Crippen LogP contribution in [0.2, 0.25) is 0 Å². The topological polar surface area (TPSA) is 72.3 Å². The minimum atomic E-state index is -0.897. The van der Waals surface area contributed by atoms with Gasteiger partial charge in [0, 0.05) is 32.6 Å². The van der Waals surface area contributed by atoms with E-state index in [1.807, 2.05) is 28.8 Å². The number of amides is 1. The predicted molar refractivity (Wildman–Crippen MR) is 110 cm³/mol. The number of aromatic nitrogens is 3. The van der Waals surface area contributed by atoms with Crippen LogP contribution in [0, 0.1) is 11.6 Å². The van der Waals surface area contributed by atoms with Crippen molar-refractivity contribution < 1.29 is 18.3 Å². The molecule has 1 amide bonds. The van der Waals surface area contributed by atoms with Crippen molar-refractivity contribution in [2.75, 3.05) is 20.2 Å². The van der Waals surface area contributed by atoms with Crippen molar-refractivity contribution in [1.82, 2.24) is 25.0 Å². The normalized spacial score (nSPS) is 14.0. The van der Waals surface area contributed by atoms with Crippen LogP contribution in [-0.4, -0.2) is 45.8 Å². The van der Waals surface area contributed by atoms with Crippen molar-refractivity contribution in [3.8, 4) is 5.75 Å². The van der Waals surface area contributed by atoms with E-state index in [4.69, 9.17) is 4.74 Å². The fraction of sp³-hybridized carbons (Fsp3) is 0.318. The monoisotopic (exact) mass is 427 g/mol. The molecule has 1 aliphatic heterocycles. The van der Waals surface area contributed by atoms with Gasteiger partial charge in [-0.3, -0.25) is 9.69 Å². The van der Waals surface area contributed by atoms with Gasteiger partial charge in [-0.25, -0.2) is 8.78 Å². The molecular weight excluding hydrogens is 404 g/mol. The van der Waals surface area contributed by atoms with E-state index in [1.54, 1.807) is 7.11 Å². The van der Waals surface area contributed by atoms with E-state index in [1.165, 1.54) is 11.6 Å². The molecule has 1 aliphatic rings. The summed E-state index contributed by atoms with van der Waals surface area (Å²) in [4.78, 5) is 14.6. The number of rotatable bonds is 6. The number of hydrogen-bond acceptors (Lipinski definition) is 5. The number of ether oxygens (including phenoxy) is 1. The van der Waals surface area contributed by atoms with Crippen LogP contribution in [0.5, 0.6) is 5.75 Å². The number of benzene rings is 2. The molecule has 0 aliphatic carbocycles. The zero-order valence-corrected chi connectivity index (χ0v) is 17.1. The standard InChI is InChI=1S/C22H23F2N5O2/c1-31-16-7-5-15(6-8-16)14-28-10-9-19-26-27-20(29(19)12-11-28)13-25-22(30)21-17(23)3-2-4-18(21)24/h2-8H,9-14H2,1H3,(H,25,30). The first kappa shape index (κ1) is 20.9. The maximum absolute atomic E-state index is 13.8. The van der Waals surface area contributed by atoms with Gasteiger partial charge < -0.3 is 14.6 Å². The summed E-state index contributed by atoms with van der Waals surface area (Å²) in [5.74, 6) is -0.390. The molecule has 2 heterocycles. The number of halogens is 2. The molecule has 0 saturated heterocycles. The Bertz CT molecular complexity index is 1050. The third-order valence-electron chi connectivity index (χ3n) is 5.36. The van der Waals surface area contributed by atoms with Gasteiger partial charge in [0.1, 0.15) is 28.8 Å². The second-order valence-electron chi connectivity index (χ2n) is 7.34. The zero-order valence-electron chi connectivity index (χ0n) is 17.1. The number of hydrogen-bond donors (Lipinski definition) is 1. The van der Waals surface area contributed by atoms with Gasteiger partial charge in [0.2, 0.25) is 0 Å². The van der Waals surface area contributed by atoms with Crippen molar-refractivity contribution in [1.29, 1.82) is 0 Å². The molecule has 162 valence electrons. The minimum absolute atomic E-state index is 0.0398. The SMILES string of the molecule is COc1ccc(CN2CCc3nnc(CNC(=O)c4c(F)cccc4F)n3CC2)cc1. The predicted octanol–water partition coefficient (Wildman–Crippen LogP) is 2.55. The maximum atomic E-state index is 13.8. The van der Waals surface area contributed by atoms with Crippen molar-refractivity contribution in [2.24, 2.45) is 0 Å². The highest BCUT2D eigenvalue weighted by Gasteiger charge is 2.21. The molecule has 1 N–H and O–H groups in total. The lowest BCUT2D eigenvalue weighted by Crippen LogP contribution is -2.28. The Morgan fingerprint density at radius 3 is 2.52 bits per heavy atom. The summed E-state index contributed by atoms with van der Waals surface area (Å²) < 4.78 is 34.8. The van der Waals surface area contributed by atoms with E-state index < -0.39 is 23.1 Å². The maximum Gasteiger partial charge on any atom is 0.257 e. The first-order chi connectivity index (χ1) is 15.0. The Kier molecular flexibility index (Phi) is 6.22. The molecule has 31 heavy (non-hydrogen) atoms. The molecule has 0 fully saturated rings. The highest BCUT2D eigenvalue weighted by molar-refractivity contribution is 5.94. The number of nitrogens with zero attached hydrogens (tertiary/aromatic N) is 4. The Labute approximate surface area is 178 Å². The molecule has 3 aromatic rings. The second kappa shape index (κ2) is 9.22. The summed E-state index contributed by atoms with van der Waals surface area (Å²) in [6.45, 7) is 3.13. The number of methoxy groups -OCH3 is 1. The van der Waals surface area contributed by atoms with Gasteiger partial charge in [0.25, 0.3) is 5.91 Å². The van der Waals surface area contributed by atoms with Gasteiger partial charge in [-0.1, -0.05) is 18.2 Å². The van der Waals surface area contributed by atoms with E-state index in [0.29, 0.717) is 12.4 Å². The van der Waals surface area contributed by atoms with E-state index in [2.05, 4.69) is 20.4 Å². The Balaban J connectivity index is 1.38. The number of fused-ring (bicyclic) bond motifs is 1. The summed E-state index contributed by atoms with van der Waals surface area (Å²) in [5, 5.41) is 10.9. The van der Waals surface area contributed by atoms with Crippen LogP contribution in [0.3, 0.4) is 0 Å². The first-order valence-electron chi connectivity index (χ1n) is 10.0. The average Bonchev–Trinajstić information content (AvgIpc) is 3.05.